The third kappa shape index (κ3) is 4.56. The van der Waals surface area contributed by atoms with E-state index in [1.807, 2.05) is 18.2 Å². The summed E-state index contributed by atoms with van der Waals surface area (Å²) in [6, 6.07) is 18.6. The SMILES string of the molecule is COc1ccc(-c2ccnc3nc(-c4ccc(CN5CCOCC5)cc4)[nH]c23)cc1.Cl. The molecule has 4 aromatic rings. The van der Waals surface area contributed by atoms with Crippen molar-refractivity contribution in [1.82, 2.24) is 19.9 Å². The Kier molecular flexibility index (Phi) is 6.51. The lowest BCUT2D eigenvalue weighted by molar-refractivity contribution is 0.0342. The molecule has 2 aromatic carbocycles. The van der Waals surface area contributed by atoms with Gasteiger partial charge in [0.1, 0.15) is 11.6 Å². The molecule has 160 valence electrons. The Morgan fingerprint density at radius 2 is 1.68 bits per heavy atom. The average Bonchev–Trinajstić information content (AvgIpc) is 3.25. The van der Waals surface area contributed by atoms with Gasteiger partial charge in [0.2, 0.25) is 0 Å². The molecule has 0 spiro atoms. The van der Waals surface area contributed by atoms with E-state index in [9.17, 15) is 0 Å². The number of hydrogen-bond donors (Lipinski definition) is 1. The van der Waals surface area contributed by atoms with E-state index in [1.165, 1.54) is 5.56 Å². The summed E-state index contributed by atoms with van der Waals surface area (Å²) in [4.78, 5) is 15.1. The van der Waals surface area contributed by atoms with E-state index >= 15 is 0 Å². The monoisotopic (exact) mass is 436 g/mol. The lowest BCUT2D eigenvalue weighted by Gasteiger charge is -2.26. The molecule has 0 amide bonds. The molecule has 0 saturated carbocycles. The van der Waals surface area contributed by atoms with Crippen LogP contribution in [0.1, 0.15) is 5.56 Å². The number of nitrogens with one attached hydrogen (secondary N) is 1. The maximum atomic E-state index is 5.43. The van der Waals surface area contributed by atoms with E-state index in [1.54, 1.807) is 13.3 Å². The quantitative estimate of drug-likeness (QED) is 0.497. The highest BCUT2D eigenvalue weighted by atomic mass is 35.5. The second-order valence-electron chi connectivity index (χ2n) is 7.46. The number of halogens is 1. The number of morpholine rings is 1. The zero-order chi connectivity index (χ0) is 20.3. The molecule has 0 unspecified atom stereocenters. The summed E-state index contributed by atoms with van der Waals surface area (Å²) < 4.78 is 10.7. The maximum absolute atomic E-state index is 5.43. The van der Waals surface area contributed by atoms with Crippen LogP contribution in [0.5, 0.6) is 5.75 Å². The Bertz CT molecular complexity index is 1140. The first-order valence-electron chi connectivity index (χ1n) is 10.2. The summed E-state index contributed by atoms with van der Waals surface area (Å²) in [7, 11) is 1.67. The molecule has 0 aliphatic carbocycles. The molecular formula is C24H25ClN4O2. The fourth-order valence-corrected chi connectivity index (χ4v) is 3.84. The molecule has 1 aliphatic heterocycles. The van der Waals surface area contributed by atoms with Crippen molar-refractivity contribution in [1.29, 1.82) is 0 Å². The second-order valence-corrected chi connectivity index (χ2v) is 7.46. The average molecular weight is 437 g/mol. The number of pyridine rings is 1. The summed E-state index contributed by atoms with van der Waals surface area (Å²) in [5.41, 5.74) is 6.18. The number of imidazole rings is 1. The second kappa shape index (κ2) is 9.47. The van der Waals surface area contributed by atoms with Crippen LogP contribution in [0.2, 0.25) is 0 Å². The van der Waals surface area contributed by atoms with Gasteiger partial charge in [0.25, 0.3) is 0 Å². The lowest BCUT2D eigenvalue weighted by atomic mass is 10.1. The van der Waals surface area contributed by atoms with Crippen molar-refractivity contribution in [3.63, 3.8) is 0 Å². The Morgan fingerprint density at radius 1 is 0.968 bits per heavy atom. The van der Waals surface area contributed by atoms with E-state index in [2.05, 4.69) is 51.3 Å². The molecule has 1 N–H and O–H groups in total. The smallest absolute Gasteiger partial charge is 0.178 e. The van der Waals surface area contributed by atoms with Gasteiger partial charge in [0.15, 0.2) is 5.65 Å². The Morgan fingerprint density at radius 3 is 2.39 bits per heavy atom. The van der Waals surface area contributed by atoms with E-state index < -0.39 is 0 Å². The minimum Gasteiger partial charge on any atom is -0.497 e. The largest absolute Gasteiger partial charge is 0.497 e. The van der Waals surface area contributed by atoms with Gasteiger partial charge < -0.3 is 14.5 Å². The zero-order valence-electron chi connectivity index (χ0n) is 17.4. The summed E-state index contributed by atoms with van der Waals surface area (Å²) in [6.07, 6.45) is 1.80. The first-order chi connectivity index (χ1) is 14.8. The summed E-state index contributed by atoms with van der Waals surface area (Å²) in [5.74, 6) is 1.67. The van der Waals surface area contributed by atoms with Crippen LogP contribution in [0.15, 0.2) is 60.8 Å². The molecule has 1 fully saturated rings. The zero-order valence-corrected chi connectivity index (χ0v) is 18.2. The van der Waals surface area contributed by atoms with E-state index in [4.69, 9.17) is 14.5 Å². The summed E-state index contributed by atoms with van der Waals surface area (Å²) in [6.45, 7) is 4.57. The molecular weight excluding hydrogens is 412 g/mol. The van der Waals surface area contributed by atoms with Crippen LogP contribution in [0.4, 0.5) is 0 Å². The number of ether oxygens (including phenoxy) is 2. The number of benzene rings is 2. The number of hydrogen-bond acceptors (Lipinski definition) is 5. The van der Waals surface area contributed by atoms with Crippen molar-refractivity contribution in [2.24, 2.45) is 0 Å². The number of fused-ring (bicyclic) bond motifs is 1. The number of H-pyrrole nitrogens is 1. The van der Waals surface area contributed by atoms with Gasteiger partial charge in [-0.05, 0) is 29.3 Å². The number of aromatic amines is 1. The number of aromatic nitrogens is 3. The Balaban J connectivity index is 0.00000231. The molecule has 1 aliphatic rings. The standard InChI is InChI=1S/C24H24N4O2.ClH/c1-29-20-8-6-18(7-9-20)21-10-11-25-24-22(21)26-23(27-24)19-4-2-17(3-5-19)16-28-12-14-30-15-13-28;/h2-11H,12-16H2,1H3,(H,25,26,27);1H. The number of nitrogens with zero attached hydrogens (tertiary/aromatic N) is 3. The maximum Gasteiger partial charge on any atom is 0.178 e. The van der Waals surface area contributed by atoms with Crippen molar-refractivity contribution in [2.45, 2.75) is 6.54 Å². The van der Waals surface area contributed by atoms with Gasteiger partial charge in [-0.15, -0.1) is 12.4 Å². The van der Waals surface area contributed by atoms with Gasteiger partial charge >= 0.3 is 0 Å². The highest BCUT2D eigenvalue weighted by Gasteiger charge is 2.13. The molecule has 3 heterocycles. The predicted molar refractivity (Wildman–Crippen MR) is 125 cm³/mol. The molecule has 6 nitrogen and oxygen atoms in total. The first kappa shape index (κ1) is 21.3. The Labute approximate surface area is 187 Å². The van der Waals surface area contributed by atoms with Gasteiger partial charge in [0, 0.05) is 37.0 Å². The van der Waals surface area contributed by atoms with Crippen LogP contribution in [0, 0.1) is 0 Å². The predicted octanol–water partition coefficient (Wildman–Crippen LogP) is 4.55. The molecule has 2 aromatic heterocycles. The number of methoxy groups -OCH3 is 1. The molecule has 7 heteroatoms. The van der Waals surface area contributed by atoms with Crippen LogP contribution < -0.4 is 4.74 Å². The van der Waals surface area contributed by atoms with Crippen LogP contribution >= 0.6 is 12.4 Å². The third-order valence-electron chi connectivity index (χ3n) is 5.53. The molecule has 1 saturated heterocycles. The topological polar surface area (TPSA) is 63.3 Å². The van der Waals surface area contributed by atoms with Gasteiger partial charge in [-0.3, -0.25) is 4.90 Å². The first-order valence-corrected chi connectivity index (χ1v) is 10.2. The highest BCUT2D eigenvalue weighted by Crippen LogP contribution is 2.29. The van der Waals surface area contributed by atoms with Crippen molar-refractivity contribution >= 4 is 23.6 Å². The van der Waals surface area contributed by atoms with Crippen LogP contribution in [0.25, 0.3) is 33.7 Å². The van der Waals surface area contributed by atoms with Gasteiger partial charge in [-0.1, -0.05) is 36.4 Å². The van der Waals surface area contributed by atoms with Crippen molar-refractivity contribution in [3.05, 3.63) is 66.4 Å². The molecule has 0 atom stereocenters. The molecule has 5 rings (SSSR count). The minimum atomic E-state index is 0. The van der Waals surface area contributed by atoms with Crippen LogP contribution in [0.3, 0.4) is 0 Å². The molecule has 0 bridgehead atoms. The minimum absolute atomic E-state index is 0. The van der Waals surface area contributed by atoms with Crippen molar-refractivity contribution in [3.8, 4) is 28.3 Å². The normalized spacial score (nSPS) is 14.4. The van der Waals surface area contributed by atoms with Crippen LogP contribution in [-0.4, -0.2) is 53.3 Å². The summed E-state index contributed by atoms with van der Waals surface area (Å²) >= 11 is 0. The third-order valence-corrected chi connectivity index (χ3v) is 5.53. The van der Waals surface area contributed by atoms with Gasteiger partial charge in [-0.25, -0.2) is 9.97 Å². The van der Waals surface area contributed by atoms with Gasteiger partial charge in [-0.2, -0.15) is 0 Å². The molecule has 0 radical (unpaired) electrons. The summed E-state index contributed by atoms with van der Waals surface area (Å²) in [5, 5.41) is 0. The fourth-order valence-electron chi connectivity index (χ4n) is 3.84. The van der Waals surface area contributed by atoms with Crippen molar-refractivity contribution in [2.75, 3.05) is 33.4 Å². The highest BCUT2D eigenvalue weighted by molar-refractivity contribution is 5.91. The van der Waals surface area contributed by atoms with E-state index in [0.29, 0.717) is 0 Å². The molecule has 31 heavy (non-hydrogen) atoms. The number of rotatable bonds is 5. The van der Waals surface area contributed by atoms with Gasteiger partial charge in [0.05, 0.1) is 25.8 Å². The van der Waals surface area contributed by atoms with Crippen molar-refractivity contribution < 1.29 is 9.47 Å². The van der Waals surface area contributed by atoms with E-state index in [-0.39, 0.29) is 12.4 Å². The Hall–Kier alpha value is -2.93. The lowest BCUT2D eigenvalue weighted by Crippen LogP contribution is -2.35. The fraction of sp³-hybridized carbons (Fsp3) is 0.250. The van der Waals surface area contributed by atoms with Crippen LogP contribution in [-0.2, 0) is 11.3 Å². The van der Waals surface area contributed by atoms with E-state index in [0.717, 1.165) is 72.3 Å².